The molecule has 0 aromatic heterocycles. The fourth-order valence-corrected chi connectivity index (χ4v) is 1.21. The maximum atomic E-state index is 10.8. The second-order valence-corrected chi connectivity index (χ2v) is 3.40. The highest BCUT2D eigenvalue weighted by atomic mass is 16.5. The monoisotopic (exact) mass is 200 g/mol. The van der Waals surface area contributed by atoms with E-state index in [1.54, 1.807) is 6.92 Å². The Labute approximate surface area is 83.6 Å². The van der Waals surface area contributed by atoms with Gasteiger partial charge in [-0.25, -0.2) is 4.79 Å². The number of carbonyl (C=O) groups is 3. The van der Waals surface area contributed by atoms with Crippen LogP contribution < -0.4 is 0 Å². The molecule has 0 saturated carbocycles. The van der Waals surface area contributed by atoms with Crippen molar-refractivity contribution in [1.82, 2.24) is 0 Å². The molecule has 0 rings (SSSR count). The van der Waals surface area contributed by atoms with Gasteiger partial charge in [-0.05, 0) is 5.92 Å². The lowest BCUT2D eigenvalue weighted by molar-refractivity contribution is -0.158. The van der Waals surface area contributed by atoms with Gasteiger partial charge in [-0.15, -0.1) is 0 Å². The molecule has 0 aliphatic heterocycles. The standard InChI is InChI=1S/C10H16O4/c1-4-7(2)10(8(3)5-11)14-9(13)6-12/h5-8,10H,4H2,1-3H3/t7-,8-,10-/m0/s1. The van der Waals surface area contributed by atoms with Crippen molar-refractivity contribution in [3.8, 4) is 0 Å². The second-order valence-electron chi connectivity index (χ2n) is 3.40. The van der Waals surface area contributed by atoms with Gasteiger partial charge >= 0.3 is 5.97 Å². The van der Waals surface area contributed by atoms with Crippen LogP contribution >= 0.6 is 0 Å². The Balaban J connectivity index is 4.46. The summed E-state index contributed by atoms with van der Waals surface area (Å²) in [4.78, 5) is 31.4. The van der Waals surface area contributed by atoms with E-state index in [1.807, 2.05) is 13.8 Å². The number of hydrogen-bond donors (Lipinski definition) is 0. The zero-order valence-electron chi connectivity index (χ0n) is 8.73. The van der Waals surface area contributed by atoms with Crippen LogP contribution in [0.5, 0.6) is 0 Å². The van der Waals surface area contributed by atoms with E-state index < -0.39 is 12.1 Å². The molecule has 0 unspecified atom stereocenters. The molecule has 0 heterocycles. The van der Waals surface area contributed by atoms with Crippen LogP contribution in [0.2, 0.25) is 0 Å². The average molecular weight is 200 g/mol. The van der Waals surface area contributed by atoms with E-state index in [2.05, 4.69) is 0 Å². The van der Waals surface area contributed by atoms with E-state index in [4.69, 9.17) is 4.74 Å². The molecule has 0 aliphatic carbocycles. The molecule has 0 N–H and O–H groups in total. The van der Waals surface area contributed by atoms with Crippen LogP contribution in [0.15, 0.2) is 0 Å². The highest BCUT2D eigenvalue weighted by molar-refractivity contribution is 6.20. The van der Waals surface area contributed by atoms with Crippen LogP contribution in [-0.2, 0) is 19.1 Å². The lowest BCUT2D eigenvalue weighted by Gasteiger charge is -2.24. The molecule has 0 aromatic carbocycles. The normalized spacial score (nSPS) is 16.5. The topological polar surface area (TPSA) is 60.4 Å². The van der Waals surface area contributed by atoms with Gasteiger partial charge in [0.25, 0.3) is 0 Å². The average Bonchev–Trinajstić information content (AvgIpc) is 2.23. The maximum absolute atomic E-state index is 10.8. The molecule has 0 bridgehead atoms. The summed E-state index contributed by atoms with van der Waals surface area (Å²) < 4.78 is 4.87. The van der Waals surface area contributed by atoms with Gasteiger partial charge in [0.05, 0.1) is 0 Å². The van der Waals surface area contributed by atoms with Gasteiger partial charge < -0.3 is 9.53 Å². The van der Waals surface area contributed by atoms with Crippen molar-refractivity contribution in [2.24, 2.45) is 11.8 Å². The van der Waals surface area contributed by atoms with Gasteiger partial charge in [0.15, 0.2) is 0 Å². The number of rotatable bonds is 6. The minimum atomic E-state index is -0.913. The molecule has 0 aromatic rings. The van der Waals surface area contributed by atoms with Crippen molar-refractivity contribution in [3.05, 3.63) is 0 Å². The molecule has 0 radical (unpaired) electrons. The Bertz CT molecular complexity index is 212. The van der Waals surface area contributed by atoms with Gasteiger partial charge in [0, 0.05) is 5.92 Å². The van der Waals surface area contributed by atoms with Gasteiger partial charge in [-0.1, -0.05) is 27.2 Å². The summed E-state index contributed by atoms with van der Waals surface area (Å²) in [7, 11) is 0. The third kappa shape index (κ3) is 3.68. The Hall–Kier alpha value is -1.19. The van der Waals surface area contributed by atoms with E-state index >= 15 is 0 Å². The fourth-order valence-electron chi connectivity index (χ4n) is 1.21. The zero-order valence-corrected chi connectivity index (χ0v) is 8.73. The minimum Gasteiger partial charge on any atom is -0.456 e. The van der Waals surface area contributed by atoms with Gasteiger partial charge in [0.1, 0.15) is 12.4 Å². The van der Waals surface area contributed by atoms with E-state index in [-0.39, 0.29) is 18.1 Å². The molecular weight excluding hydrogens is 184 g/mol. The number of aldehydes is 2. The molecular formula is C10H16O4. The lowest BCUT2D eigenvalue weighted by atomic mass is 9.92. The first kappa shape index (κ1) is 12.8. The Morgan fingerprint density at radius 1 is 1.36 bits per heavy atom. The molecule has 0 spiro atoms. The number of hydrogen-bond acceptors (Lipinski definition) is 4. The zero-order chi connectivity index (χ0) is 11.1. The molecule has 4 heteroatoms. The summed E-state index contributed by atoms with van der Waals surface area (Å²) in [6, 6.07) is 0. The van der Waals surface area contributed by atoms with Crippen molar-refractivity contribution in [2.75, 3.05) is 0 Å². The molecule has 14 heavy (non-hydrogen) atoms. The van der Waals surface area contributed by atoms with Crippen LogP contribution in [0, 0.1) is 11.8 Å². The molecule has 3 atom stereocenters. The van der Waals surface area contributed by atoms with Gasteiger partial charge in [-0.2, -0.15) is 0 Å². The minimum absolute atomic E-state index is 0.0686. The Morgan fingerprint density at radius 2 is 1.93 bits per heavy atom. The number of ether oxygens (including phenoxy) is 1. The quantitative estimate of drug-likeness (QED) is 0.364. The first-order chi connectivity index (χ1) is 6.56. The van der Waals surface area contributed by atoms with Crippen molar-refractivity contribution < 1.29 is 19.1 Å². The molecule has 0 fully saturated rings. The SMILES string of the molecule is CC[C@H](C)[C@H](OC(=O)C=O)[C@@H](C)C=O. The number of esters is 1. The van der Waals surface area contributed by atoms with Crippen LogP contribution in [0.1, 0.15) is 27.2 Å². The summed E-state index contributed by atoms with van der Waals surface area (Å²) in [5.41, 5.74) is 0. The predicted octanol–water partition coefficient (Wildman–Crippen LogP) is 0.978. The first-order valence-corrected chi connectivity index (χ1v) is 4.67. The molecule has 0 saturated heterocycles. The summed E-state index contributed by atoms with van der Waals surface area (Å²) >= 11 is 0. The van der Waals surface area contributed by atoms with E-state index in [0.717, 1.165) is 12.7 Å². The first-order valence-electron chi connectivity index (χ1n) is 4.67. The predicted molar refractivity (Wildman–Crippen MR) is 50.6 cm³/mol. The summed E-state index contributed by atoms with van der Waals surface area (Å²) in [5, 5.41) is 0. The third-order valence-corrected chi connectivity index (χ3v) is 2.29. The second kappa shape index (κ2) is 6.29. The van der Waals surface area contributed by atoms with Gasteiger partial charge in [-0.3, -0.25) is 4.79 Å². The fraction of sp³-hybridized carbons (Fsp3) is 0.700. The van der Waals surface area contributed by atoms with Crippen LogP contribution in [0.3, 0.4) is 0 Å². The van der Waals surface area contributed by atoms with Crippen molar-refractivity contribution in [1.29, 1.82) is 0 Å². The molecule has 4 nitrogen and oxygen atoms in total. The summed E-state index contributed by atoms with van der Waals surface area (Å²) in [6.45, 7) is 5.48. The van der Waals surface area contributed by atoms with Crippen LogP contribution in [0.25, 0.3) is 0 Å². The third-order valence-electron chi connectivity index (χ3n) is 2.29. The van der Waals surface area contributed by atoms with Crippen molar-refractivity contribution in [3.63, 3.8) is 0 Å². The van der Waals surface area contributed by atoms with Crippen molar-refractivity contribution >= 4 is 18.5 Å². The Kier molecular flexibility index (Phi) is 5.76. The molecule has 0 amide bonds. The maximum Gasteiger partial charge on any atom is 0.371 e. The molecule has 80 valence electrons. The van der Waals surface area contributed by atoms with E-state index in [9.17, 15) is 14.4 Å². The lowest BCUT2D eigenvalue weighted by Crippen LogP contribution is -2.32. The highest BCUT2D eigenvalue weighted by Gasteiger charge is 2.25. The number of carbonyl (C=O) groups excluding carboxylic acids is 3. The molecule has 0 aliphatic rings. The van der Waals surface area contributed by atoms with Gasteiger partial charge in [0.2, 0.25) is 6.29 Å². The van der Waals surface area contributed by atoms with E-state index in [0.29, 0.717) is 0 Å². The van der Waals surface area contributed by atoms with Crippen LogP contribution in [-0.4, -0.2) is 24.6 Å². The summed E-state index contributed by atoms with van der Waals surface area (Å²) in [5.74, 6) is -1.23. The van der Waals surface area contributed by atoms with Crippen LogP contribution in [0.4, 0.5) is 0 Å². The summed E-state index contributed by atoms with van der Waals surface area (Å²) in [6.07, 6.45) is 1.13. The largest absolute Gasteiger partial charge is 0.456 e. The highest BCUT2D eigenvalue weighted by Crippen LogP contribution is 2.18. The smallest absolute Gasteiger partial charge is 0.371 e. The van der Waals surface area contributed by atoms with Crippen molar-refractivity contribution in [2.45, 2.75) is 33.3 Å². The Morgan fingerprint density at radius 3 is 2.29 bits per heavy atom. The van der Waals surface area contributed by atoms with E-state index in [1.165, 1.54) is 0 Å².